The fourth-order valence-electron chi connectivity index (χ4n) is 3.79. The highest BCUT2D eigenvalue weighted by Gasteiger charge is 2.22. The van der Waals surface area contributed by atoms with Crippen LogP contribution in [0.2, 0.25) is 5.02 Å². The molecule has 0 aliphatic heterocycles. The van der Waals surface area contributed by atoms with Crippen LogP contribution in [0.15, 0.2) is 37.0 Å². The van der Waals surface area contributed by atoms with E-state index in [0.29, 0.717) is 34.6 Å². The van der Waals surface area contributed by atoms with Crippen LogP contribution in [0.25, 0.3) is 11.0 Å². The van der Waals surface area contributed by atoms with Crippen LogP contribution in [-0.2, 0) is 13.1 Å². The fourth-order valence-corrected chi connectivity index (χ4v) is 3.95. The molecule has 0 saturated heterocycles. The van der Waals surface area contributed by atoms with E-state index >= 15 is 0 Å². The van der Waals surface area contributed by atoms with E-state index in [1.807, 2.05) is 34.6 Å². The smallest absolute Gasteiger partial charge is 0.336 e. The first-order valence-corrected chi connectivity index (χ1v) is 11.0. The predicted octanol–water partition coefficient (Wildman–Crippen LogP) is 3.51. The molecule has 0 aliphatic rings. The molecule has 3 N–H and O–H groups in total. The molecular formula is C23H29ClN4O4. The van der Waals surface area contributed by atoms with Gasteiger partial charge in [-0.15, -0.1) is 0 Å². The maximum Gasteiger partial charge on any atom is 0.336 e. The van der Waals surface area contributed by atoms with Gasteiger partial charge in [-0.1, -0.05) is 39.3 Å². The number of anilines is 2. The SMILES string of the molecule is Cc1cc2oc(=O)cc(CN(CC(C)C)c3c(N)n(CC(C)C)c(=O)[nH]c3=O)c2cc1Cl. The summed E-state index contributed by atoms with van der Waals surface area (Å²) in [6.07, 6.45) is 0. The third-order valence-corrected chi connectivity index (χ3v) is 5.54. The number of nitrogens with two attached hydrogens (primary N) is 1. The first-order chi connectivity index (χ1) is 15.0. The lowest BCUT2D eigenvalue weighted by Gasteiger charge is -2.28. The first-order valence-electron chi connectivity index (χ1n) is 10.6. The molecule has 172 valence electrons. The molecule has 32 heavy (non-hydrogen) atoms. The van der Waals surface area contributed by atoms with E-state index < -0.39 is 16.9 Å². The molecule has 9 heteroatoms. The number of nitrogens with one attached hydrogen (secondary N) is 1. The lowest BCUT2D eigenvalue weighted by molar-refractivity contribution is 0.505. The van der Waals surface area contributed by atoms with Crippen LogP contribution in [0, 0.1) is 18.8 Å². The number of H-pyrrole nitrogens is 1. The summed E-state index contributed by atoms with van der Waals surface area (Å²) in [5.41, 5.74) is 6.83. The van der Waals surface area contributed by atoms with Gasteiger partial charge in [-0.2, -0.15) is 0 Å². The largest absolute Gasteiger partial charge is 0.423 e. The molecule has 3 aromatic rings. The third kappa shape index (κ3) is 4.91. The Morgan fingerprint density at radius 2 is 1.81 bits per heavy atom. The van der Waals surface area contributed by atoms with Crippen molar-refractivity contribution in [1.29, 1.82) is 0 Å². The van der Waals surface area contributed by atoms with Gasteiger partial charge in [0.25, 0.3) is 5.56 Å². The predicted molar refractivity (Wildman–Crippen MR) is 129 cm³/mol. The van der Waals surface area contributed by atoms with Crippen molar-refractivity contribution in [2.75, 3.05) is 17.2 Å². The summed E-state index contributed by atoms with van der Waals surface area (Å²) in [6, 6.07) is 4.88. The number of aromatic nitrogens is 2. The Morgan fingerprint density at radius 1 is 1.12 bits per heavy atom. The minimum Gasteiger partial charge on any atom is -0.423 e. The van der Waals surface area contributed by atoms with Crippen molar-refractivity contribution >= 4 is 34.1 Å². The number of aromatic amines is 1. The summed E-state index contributed by atoms with van der Waals surface area (Å²) in [5.74, 6) is 0.436. The van der Waals surface area contributed by atoms with E-state index in [1.165, 1.54) is 10.6 Å². The summed E-state index contributed by atoms with van der Waals surface area (Å²) < 4.78 is 6.74. The molecule has 0 aliphatic carbocycles. The number of aryl methyl sites for hydroxylation is 1. The van der Waals surface area contributed by atoms with Crippen LogP contribution in [0.3, 0.4) is 0 Å². The van der Waals surface area contributed by atoms with Gasteiger partial charge in [-0.3, -0.25) is 14.3 Å². The second-order valence-corrected chi connectivity index (χ2v) is 9.37. The molecule has 0 atom stereocenters. The monoisotopic (exact) mass is 460 g/mol. The van der Waals surface area contributed by atoms with Crippen LogP contribution in [0.5, 0.6) is 0 Å². The Balaban J connectivity index is 2.20. The number of hydrogen-bond acceptors (Lipinski definition) is 6. The molecule has 3 rings (SSSR count). The van der Waals surface area contributed by atoms with Crippen molar-refractivity contribution in [1.82, 2.24) is 9.55 Å². The van der Waals surface area contributed by atoms with Gasteiger partial charge in [0, 0.05) is 36.1 Å². The minimum absolute atomic E-state index is 0.106. The summed E-state index contributed by atoms with van der Waals surface area (Å²) in [6.45, 7) is 10.8. The number of nitrogen functional groups attached to an aromatic ring is 1. The van der Waals surface area contributed by atoms with Gasteiger partial charge in [0.15, 0.2) is 0 Å². The molecule has 0 bridgehead atoms. The van der Waals surface area contributed by atoms with Crippen LogP contribution < -0.4 is 27.5 Å². The fraction of sp³-hybridized carbons (Fsp3) is 0.435. The van der Waals surface area contributed by atoms with Gasteiger partial charge in [-0.05, 0) is 42.0 Å². The first kappa shape index (κ1) is 23.7. The van der Waals surface area contributed by atoms with Crippen molar-refractivity contribution in [3.05, 3.63) is 65.6 Å². The number of rotatable bonds is 7. The third-order valence-electron chi connectivity index (χ3n) is 5.13. The van der Waals surface area contributed by atoms with E-state index in [9.17, 15) is 14.4 Å². The highest BCUT2D eigenvalue weighted by atomic mass is 35.5. The van der Waals surface area contributed by atoms with Gasteiger partial charge in [-0.25, -0.2) is 9.59 Å². The van der Waals surface area contributed by atoms with E-state index in [-0.39, 0.29) is 29.9 Å². The lowest BCUT2D eigenvalue weighted by atomic mass is 10.1. The van der Waals surface area contributed by atoms with Crippen LogP contribution >= 0.6 is 11.6 Å². The van der Waals surface area contributed by atoms with E-state index in [1.54, 1.807) is 17.0 Å². The molecule has 0 saturated carbocycles. The summed E-state index contributed by atoms with van der Waals surface area (Å²) in [5, 5.41) is 1.23. The van der Waals surface area contributed by atoms with Crippen molar-refractivity contribution in [3.63, 3.8) is 0 Å². The normalized spacial score (nSPS) is 11.6. The zero-order valence-corrected chi connectivity index (χ0v) is 19.7. The molecule has 0 fully saturated rings. The van der Waals surface area contributed by atoms with E-state index in [4.69, 9.17) is 21.8 Å². The van der Waals surface area contributed by atoms with Gasteiger partial charge in [0.05, 0.1) is 0 Å². The molecule has 8 nitrogen and oxygen atoms in total. The van der Waals surface area contributed by atoms with Crippen molar-refractivity contribution in [3.8, 4) is 0 Å². The highest BCUT2D eigenvalue weighted by molar-refractivity contribution is 6.32. The maximum absolute atomic E-state index is 12.8. The van der Waals surface area contributed by atoms with Crippen molar-refractivity contribution in [2.45, 2.75) is 47.7 Å². The van der Waals surface area contributed by atoms with Crippen LogP contribution in [0.4, 0.5) is 11.5 Å². The van der Waals surface area contributed by atoms with Crippen LogP contribution in [0.1, 0.15) is 38.8 Å². The Bertz CT molecular complexity index is 1320. The Kier molecular flexibility index (Phi) is 6.83. The number of fused-ring (bicyclic) bond motifs is 1. The standard InChI is InChI=1S/C23H29ClN4O4/c1-12(2)9-27(20-21(25)28(10-13(3)4)23(31)26-22(20)30)11-15-7-19(29)32-18-6-14(5)17(24)8-16(15)18/h6-8,12-13H,9-11,25H2,1-5H3,(H,26,30,31). The minimum atomic E-state index is -0.561. The molecule has 2 heterocycles. The van der Waals surface area contributed by atoms with Crippen molar-refractivity contribution < 1.29 is 4.42 Å². The average Bonchev–Trinajstić information content (AvgIpc) is 2.65. The Morgan fingerprint density at radius 3 is 2.44 bits per heavy atom. The van der Waals surface area contributed by atoms with Gasteiger partial charge in [0.2, 0.25) is 0 Å². The van der Waals surface area contributed by atoms with E-state index in [0.717, 1.165) is 5.56 Å². The highest BCUT2D eigenvalue weighted by Crippen LogP contribution is 2.28. The Labute approximate surface area is 190 Å². The molecule has 0 radical (unpaired) electrons. The summed E-state index contributed by atoms with van der Waals surface area (Å²) >= 11 is 6.33. The van der Waals surface area contributed by atoms with Gasteiger partial charge < -0.3 is 15.1 Å². The number of benzene rings is 1. The zero-order valence-electron chi connectivity index (χ0n) is 19.0. The van der Waals surface area contributed by atoms with Crippen LogP contribution in [-0.4, -0.2) is 16.1 Å². The lowest BCUT2D eigenvalue weighted by Crippen LogP contribution is -2.40. The molecule has 2 aromatic heterocycles. The number of halogens is 1. The second kappa shape index (κ2) is 9.24. The number of nitrogens with zero attached hydrogens (tertiary/aromatic N) is 2. The van der Waals surface area contributed by atoms with Gasteiger partial charge in [0.1, 0.15) is 17.1 Å². The van der Waals surface area contributed by atoms with Gasteiger partial charge >= 0.3 is 11.3 Å². The summed E-state index contributed by atoms with van der Waals surface area (Å²) in [4.78, 5) is 41.7. The molecule has 0 unspecified atom stereocenters. The molecular weight excluding hydrogens is 432 g/mol. The van der Waals surface area contributed by atoms with Crippen molar-refractivity contribution in [2.24, 2.45) is 11.8 Å². The number of hydrogen-bond donors (Lipinski definition) is 2. The zero-order chi connectivity index (χ0) is 23.7. The second-order valence-electron chi connectivity index (χ2n) is 8.96. The van der Waals surface area contributed by atoms with E-state index in [2.05, 4.69) is 4.98 Å². The average molecular weight is 461 g/mol. The molecule has 0 spiro atoms. The quantitative estimate of drug-likeness (QED) is 0.521. The topological polar surface area (TPSA) is 114 Å². The molecule has 0 amide bonds. The maximum atomic E-state index is 12.8. The Hall–Kier alpha value is -3.00. The summed E-state index contributed by atoms with van der Waals surface area (Å²) in [7, 11) is 0. The molecule has 1 aromatic carbocycles.